The van der Waals surface area contributed by atoms with E-state index in [0.717, 1.165) is 127 Å². The van der Waals surface area contributed by atoms with Crippen LogP contribution in [0.15, 0.2) is 176 Å². The van der Waals surface area contributed by atoms with Gasteiger partial charge in [-0.05, 0) is 270 Å². The van der Waals surface area contributed by atoms with Crippen LogP contribution in [0.1, 0.15) is 262 Å². The van der Waals surface area contributed by atoms with Gasteiger partial charge >= 0.3 is 0 Å². The smallest absolute Gasteiger partial charge is 0.127 e. The summed E-state index contributed by atoms with van der Waals surface area (Å²) in [6, 6.07) is 7.51. The van der Waals surface area contributed by atoms with Crippen molar-refractivity contribution < 1.29 is 10.2 Å². The summed E-state index contributed by atoms with van der Waals surface area (Å²) in [4.78, 5) is 0. The Balaban J connectivity index is 1.56. The van der Waals surface area contributed by atoms with Crippen molar-refractivity contribution in [1.29, 1.82) is 0 Å². The van der Waals surface area contributed by atoms with Gasteiger partial charge in [-0.25, -0.2) is 0 Å². The fourth-order valence-electron chi connectivity index (χ4n) is 9.93. The second-order valence-corrected chi connectivity index (χ2v) is 23.9. The van der Waals surface area contributed by atoms with Gasteiger partial charge in [-0.1, -0.05) is 176 Å². The number of allylic oxidation sites excluding steroid dienone is 26. The van der Waals surface area contributed by atoms with E-state index >= 15 is 0 Å². The first-order chi connectivity index (χ1) is 37.2. The third-order valence-corrected chi connectivity index (χ3v) is 15.6. The molecule has 0 saturated heterocycles. The minimum absolute atomic E-state index is 0.266. The van der Waals surface area contributed by atoms with Gasteiger partial charge in [-0.2, -0.15) is 0 Å². The molecule has 0 aliphatic heterocycles. The lowest BCUT2D eigenvalue weighted by Gasteiger charge is -2.13. The summed E-state index contributed by atoms with van der Waals surface area (Å²) in [6.07, 6.45) is 59.4. The highest BCUT2D eigenvalue weighted by Crippen LogP contribution is 2.39. The Morgan fingerprint density at radius 3 is 0.692 bits per heavy atom. The van der Waals surface area contributed by atoms with Crippen LogP contribution in [-0.4, -0.2) is 10.2 Å². The van der Waals surface area contributed by atoms with E-state index in [1.165, 1.54) is 111 Å². The van der Waals surface area contributed by atoms with E-state index in [9.17, 15) is 10.2 Å². The highest BCUT2D eigenvalue weighted by molar-refractivity contribution is 5.95. The Morgan fingerprint density at radius 2 is 0.474 bits per heavy atom. The number of rotatable bonds is 38. The number of fused-ring (bicyclic) bond motifs is 1. The minimum Gasteiger partial charge on any atom is -0.507 e. The molecule has 0 bridgehead atoms. The molecule has 0 heterocycles. The molecule has 430 valence electrons. The molecule has 0 radical (unpaired) electrons. The Kier molecular flexibility index (Phi) is 36.3. The average molecular weight is 1060 g/mol. The van der Waals surface area contributed by atoms with Crippen LogP contribution in [0.25, 0.3) is 10.8 Å². The fourth-order valence-corrected chi connectivity index (χ4v) is 9.93. The Bertz CT molecular complexity index is 2530. The number of hydrogen-bond donors (Lipinski definition) is 2. The van der Waals surface area contributed by atoms with Gasteiger partial charge in [0.15, 0.2) is 0 Å². The summed E-state index contributed by atoms with van der Waals surface area (Å²) in [7, 11) is 0. The van der Waals surface area contributed by atoms with E-state index in [2.05, 4.69) is 176 Å². The molecule has 2 nitrogen and oxygen atoms in total. The van der Waals surface area contributed by atoms with E-state index in [1.54, 1.807) is 0 Å². The summed E-state index contributed by atoms with van der Waals surface area (Å²) >= 11 is 0. The zero-order valence-electron chi connectivity index (χ0n) is 52.9. The van der Waals surface area contributed by atoms with E-state index in [4.69, 9.17) is 0 Å². The summed E-state index contributed by atoms with van der Waals surface area (Å²) < 4.78 is 0. The van der Waals surface area contributed by atoms with Gasteiger partial charge in [-0.15, -0.1) is 0 Å². The Hall–Kier alpha value is -5.08. The molecule has 2 aromatic rings. The first-order valence-electron chi connectivity index (χ1n) is 30.7. The first-order valence-corrected chi connectivity index (χ1v) is 30.7. The average Bonchev–Trinajstić information content (AvgIpc) is 3.48. The normalized spacial score (nSPS) is 14.6. The molecule has 0 fully saturated rings. The maximum Gasteiger partial charge on any atom is 0.127 e. The third-order valence-electron chi connectivity index (χ3n) is 15.6. The molecule has 0 spiro atoms. The predicted octanol–water partition coefficient (Wildman–Crippen LogP) is 24.8. The summed E-state index contributed by atoms with van der Waals surface area (Å²) in [5.41, 5.74) is 20.9. The van der Waals surface area contributed by atoms with Crippen molar-refractivity contribution in [1.82, 2.24) is 0 Å². The van der Waals surface area contributed by atoms with Gasteiger partial charge in [0.05, 0.1) is 0 Å². The fraction of sp³-hybridized carbons (Fsp3) is 0.526. The lowest BCUT2D eigenvalue weighted by atomic mass is 9.95. The number of hydrogen-bond acceptors (Lipinski definition) is 2. The van der Waals surface area contributed by atoms with Crippen LogP contribution in [0.5, 0.6) is 11.5 Å². The van der Waals surface area contributed by atoms with Crippen LogP contribution < -0.4 is 0 Å². The van der Waals surface area contributed by atoms with Crippen molar-refractivity contribution in [2.24, 2.45) is 0 Å². The van der Waals surface area contributed by atoms with Crippen molar-refractivity contribution >= 4 is 10.8 Å². The molecular weight excluding hydrogens is 945 g/mol. The number of aromatic hydroxyl groups is 2. The van der Waals surface area contributed by atoms with Gasteiger partial charge in [0.25, 0.3) is 0 Å². The molecule has 2 heteroatoms. The van der Waals surface area contributed by atoms with Gasteiger partial charge in [0, 0.05) is 16.3 Å². The first kappa shape index (κ1) is 69.0. The Morgan fingerprint density at radius 1 is 0.282 bits per heavy atom. The molecule has 0 aliphatic carbocycles. The molecule has 2 N–H and O–H groups in total. The number of benzene rings is 2. The van der Waals surface area contributed by atoms with Crippen LogP contribution in [-0.2, 0) is 6.42 Å². The molecule has 0 amide bonds. The quantitative estimate of drug-likeness (QED) is 0.0520. The zero-order valence-corrected chi connectivity index (χ0v) is 52.9. The molecule has 0 aromatic heterocycles. The molecular formula is C76H114O2. The monoisotopic (exact) mass is 1060 g/mol. The van der Waals surface area contributed by atoms with Crippen LogP contribution in [0.4, 0.5) is 0 Å². The van der Waals surface area contributed by atoms with Crippen LogP contribution >= 0.6 is 0 Å². The standard InChI is InChI=1S/C76H114O2/c1-58(2)30-18-31-59(3)32-19-33-60(4)34-20-35-61(5)36-21-37-62(6)38-22-39-63(7)40-23-41-64(8)42-24-43-65(9)44-25-45-66(10)46-26-47-67(11)48-27-49-68(12)50-28-51-69(13)52-29-53-70(14)56-57-72-71(15)75(77)73-54-16-17-55-74(73)76(72)78/h16-17,30,32,34,36,38,40,42,44,46,48,50,52,54-56,77-78H,18-29,31,33,35,37,39,41,43,45,47,49,51,53,57H2,1-15H3/b59-32+,60-34+,61-36+,62-38+,63-40+,64-42+,65-44+,66-46+,67-48+,68-50+,69-52+,70-56+. The van der Waals surface area contributed by atoms with Crippen LogP contribution in [0.3, 0.4) is 0 Å². The SMILES string of the molecule is CC(C)=CCC/C(C)=C/CC/C(C)=C/CC/C(C)=C/CC/C(C)=C/CC/C(C)=C/CC/C(C)=C/CC/C(C)=C/CC/C(C)=C/CC/C(C)=C/CC/C(C)=C/CC/C(C)=C/CC/C(C)=C/Cc1c(C)c(O)c2ccccc2c1O. The highest BCUT2D eigenvalue weighted by atomic mass is 16.3. The van der Waals surface area contributed by atoms with E-state index in [-0.39, 0.29) is 11.5 Å². The van der Waals surface area contributed by atoms with Gasteiger partial charge in [-0.3, -0.25) is 0 Å². The van der Waals surface area contributed by atoms with Crippen molar-refractivity contribution in [2.75, 3.05) is 0 Å². The molecule has 0 unspecified atom stereocenters. The Labute approximate surface area is 481 Å². The molecule has 0 atom stereocenters. The second kappa shape index (κ2) is 41.0. The molecule has 2 aromatic carbocycles. The molecule has 2 rings (SSSR count). The van der Waals surface area contributed by atoms with E-state index in [1.807, 2.05) is 31.2 Å². The number of phenolic OH excluding ortho intramolecular Hbond substituents is 2. The van der Waals surface area contributed by atoms with Crippen molar-refractivity contribution in [3.05, 3.63) is 187 Å². The summed E-state index contributed by atoms with van der Waals surface area (Å²) in [5.74, 6) is 0.547. The van der Waals surface area contributed by atoms with Crippen molar-refractivity contribution in [3.63, 3.8) is 0 Å². The maximum atomic E-state index is 10.9. The molecule has 78 heavy (non-hydrogen) atoms. The lowest BCUT2D eigenvalue weighted by Crippen LogP contribution is -1.92. The van der Waals surface area contributed by atoms with Crippen molar-refractivity contribution in [2.45, 2.75) is 264 Å². The van der Waals surface area contributed by atoms with Crippen LogP contribution in [0.2, 0.25) is 0 Å². The predicted molar refractivity (Wildman–Crippen MR) is 351 cm³/mol. The third kappa shape index (κ3) is 32.7. The summed E-state index contributed by atoms with van der Waals surface area (Å²) in [6.45, 7) is 33.7. The minimum atomic E-state index is 0.266. The van der Waals surface area contributed by atoms with Gasteiger partial charge < -0.3 is 10.2 Å². The highest BCUT2D eigenvalue weighted by Gasteiger charge is 2.15. The number of phenols is 2. The largest absolute Gasteiger partial charge is 0.507 e. The van der Waals surface area contributed by atoms with E-state index in [0.29, 0.717) is 17.2 Å². The molecule has 0 aliphatic rings. The topological polar surface area (TPSA) is 40.5 Å². The maximum absolute atomic E-state index is 10.9. The van der Waals surface area contributed by atoms with Gasteiger partial charge in [0.2, 0.25) is 0 Å². The lowest BCUT2D eigenvalue weighted by molar-refractivity contribution is 0.461. The van der Waals surface area contributed by atoms with Crippen LogP contribution in [0, 0.1) is 6.92 Å². The van der Waals surface area contributed by atoms with Crippen molar-refractivity contribution in [3.8, 4) is 11.5 Å². The zero-order chi connectivity index (χ0) is 57.7. The van der Waals surface area contributed by atoms with E-state index < -0.39 is 0 Å². The second-order valence-electron chi connectivity index (χ2n) is 23.9. The van der Waals surface area contributed by atoms with Gasteiger partial charge in [0.1, 0.15) is 11.5 Å². The summed E-state index contributed by atoms with van der Waals surface area (Å²) in [5, 5.41) is 23.1. The molecule has 0 saturated carbocycles.